The number of ether oxygens (including phenoxy) is 1. The average Bonchev–Trinajstić information content (AvgIpc) is 2.81. The summed E-state index contributed by atoms with van der Waals surface area (Å²) >= 11 is 3.25. The highest BCUT2D eigenvalue weighted by atomic mass is 79.9. The van der Waals surface area contributed by atoms with Crippen molar-refractivity contribution < 1.29 is 19.4 Å². The molecule has 18 heavy (non-hydrogen) atoms. The van der Waals surface area contributed by atoms with Crippen molar-refractivity contribution in [2.45, 2.75) is 6.42 Å². The minimum atomic E-state index is -1.07. The Morgan fingerprint density at radius 2 is 2.22 bits per heavy atom. The topological polar surface area (TPSA) is 75.6 Å². The Bertz CT molecular complexity index is 483. The molecule has 0 bridgehead atoms. The molecule has 1 atom stereocenters. The van der Waals surface area contributed by atoms with Crippen LogP contribution in [0.4, 0.5) is 5.69 Å². The van der Waals surface area contributed by atoms with Crippen LogP contribution in [-0.4, -0.2) is 30.2 Å². The van der Waals surface area contributed by atoms with Gasteiger partial charge in [0.1, 0.15) is 0 Å². The number of carboxylic acid groups (broad SMARTS) is 1. The Morgan fingerprint density at radius 1 is 1.44 bits per heavy atom. The fourth-order valence-electron chi connectivity index (χ4n) is 1.78. The minimum Gasteiger partial charge on any atom is -0.478 e. The first-order valence-corrected chi connectivity index (χ1v) is 6.28. The Labute approximate surface area is 112 Å². The molecule has 1 aromatic carbocycles. The maximum absolute atomic E-state index is 11.9. The average molecular weight is 314 g/mol. The number of anilines is 1. The molecular weight excluding hydrogens is 302 g/mol. The SMILES string of the molecule is O=C(O)c1ccc(Br)cc1NC(=O)C1CCOC1. The molecule has 0 spiro atoms. The quantitative estimate of drug-likeness (QED) is 0.896. The number of aromatic carboxylic acids is 1. The molecule has 1 aliphatic rings. The van der Waals surface area contributed by atoms with E-state index in [0.717, 1.165) is 0 Å². The van der Waals surface area contributed by atoms with Gasteiger partial charge in [0.15, 0.2) is 0 Å². The fraction of sp³-hybridized carbons (Fsp3) is 0.333. The molecule has 96 valence electrons. The summed E-state index contributed by atoms with van der Waals surface area (Å²) in [6.07, 6.45) is 0.669. The van der Waals surface area contributed by atoms with Crippen LogP contribution >= 0.6 is 15.9 Å². The second-order valence-electron chi connectivity index (χ2n) is 4.04. The van der Waals surface area contributed by atoms with Crippen LogP contribution in [0.1, 0.15) is 16.8 Å². The predicted octanol–water partition coefficient (Wildman–Crippen LogP) is 2.12. The van der Waals surface area contributed by atoms with Gasteiger partial charge in [-0.25, -0.2) is 4.79 Å². The highest BCUT2D eigenvalue weighted by Crippen LogP contribution is 2.23. The normalized spacial score (nSPS) is 18.6. The minimum absolute atomic E-state index is 0.0745. The van der Waals surface area contributed by atoms with Crippen molar-refractivity contribution in [2.75, 3.05) is 18.5 Å². The summed E-state index contributed by atoms with van der Waals surface area (Å²) in [5.41, 5.74) is 0.374. The first-order valence-electron chi connectivity index (χ1n) is 5.49. The van der Waals surface area contributed by atoms with Crippen LogP contribution in [0.2, 0.25) is 0 Å². The van der Waals surface area contributed by atoms with E-state index in [-0.39, 0.29) is 17.4 Å². The first kappa shape index (κ1) is 13.0. The molecule has 0 radical (unpaired) electrons. The van der Waals surface area contributed by atoms with Crippen LogP contribution in [0, 0.1) is 5.92 Å². The van der Waals surface area contributed by atoms with E-state index in [0.29, 0.717) is 29.8 Å². The third-order valence-corrected chi connectivity index (χ3v) is 3.26. The van der Waals surface area contributed by atoms with Gasteiger partial charge in [-0.05, 0) is 24.6 Å². The number of rotatable bonds is 3. The molecule has 1 fully saturated rings. The molecule has 1 saturated heterocycles. The lowest BCUT2D eigenvalue weighted by molar-refractivity contribution is -0.119. The van der Waals surface area contributed by atoms with Gasteiger partial charge in [-0.15, -0.1) is 0 Å². The van der Waals surface area contributed by atoms with Gasteiger partial charge in [-0.3, -0.25) is 4.79 Å². The molecule has 1 aromatic rings. The highest BCUT2D eigenvalue weighted by Gasteiger charge is 2.24. The van der Waals surface area contributed by atoms with E-state index in [2.05, 4.69) is 21.2 Å². The summed E-state index contributed by atoms with van der Waals surface area (Å²) in [6.45, 7) is 0.963. The number of nitrogens with one attached hydrogen (secondary N) is 1. The lowest BCUT2D eigenvalue weighted by Gasteiger charge is -2.11. The Kier molecular flexibility index (Phi) is 3.98. The van der Waals surface area contributed by atoms with Gasteiger partial charge in [0, 0.05) is 11.1 Å². The zero-order chi connectivity index (χ0) is 13.1. The molecule has 1 unspecified atom stereocenters. The molecule has 1 heterocycles. The van der Waals surface area contributed by atoms with E-state index in [1.54, 1.807) is 12.1 Å². The van der Waals surface area contributed by atoms with Crippen molar-refractivity contribution in [3.63, 3.8) is 0 Å². The molecule has 0 saturated carbocycles. The number of carboxylic acids is 1. The fourth-order valence-corrected chi connectivity index (χ4v) is 2.14. The molecule has 2 rings (SSSR count). The summed E-state index contributed by atoms with van der Waals surface area (Å²) in [6, 6.07) is 4.65. The highest BCUT2D eigenvalue weighted by molar-refractivity contribution is 9.10. The largest absolute Gasteiger partial charge is 0.478 e. The van der Waals surface area contributed by atoms with Gasteiger partial charge in [0.25, 0.3) is 0 Å². The third-order valence-electron chi connectivity index (χ3n) is 2.77. The number of carbonyl (C=O) groups excluding carboxylic acids is 1. The van der Waals surface area contributed by atoms with Crippen LogP contribution in [0.5, 0.6) is 0 Å². The summed E-state index contributed by atoms with van der Waals surface area (Å²) in [7, 11) is 0. The molecule has 6 heteroatoms. The molecule has 5 nitrogen and oxygen atoms in total. The summed E-state index contributed by atoms with van der Waals surface area (Å²) in [4.78, 5) is 22.9. The molecule has 1 aliphatic heterocycles. The summed E-state index contributed by atoms with van der Waals surface area (Å²) in [5, 5.41) is 11.7. The van der Waals surface area contributed by atoms with E-state index >= 15 is 0 Å². The maximum Gasteiger partial charge on any atom is 0.337 e. The third kappa shape index (κ3) is 2.88. The van der Waals surface area contributed by atoms with E-state index in [4.69, 9.17) is 9.84 Å². The van der Waals surface area contributed by atoms with Crippen molar-refractivity contribution in [1.82, 2.24) is 0 Å². The zero-order valence-corrected chi connectivity index (χ0v) is 11.1. The van der Waals surface area contributed by atoms with Gasteiger partial charge in [0.2, 0.25) is 5.91 Å². The monoisotopic (exact) mass is 313 g/mol. The summed E-state index contributed by atoms with van der Waals surface area (Å²) in [5.74, 6) is -1.47. The number of amides is 1. The molecule has 0 aromatic heterocycles. The van der Waals surface area contributed by atoms with Crippen LogP contribution in [0.25, 0.3) is 0 Å². The number of carbonyl (C=O) groups is 2. The molecular formula is C12H12BrNO4. The lowest BCUT2D eigenvalue weighted by Crippen LogP contribution is -2.24. The second kappa shape index (κ2) is 5.49. The van der Waals surface area contributed by atoms with E-state index in [9.17, 15) is 9.59 Å². The van der Waals surface area contributed by atoms with Gasteiger partial charge in [-0.2, -0.15) is 0 Å². The maximum atomic E-state index is 11.9. The van der Waals surface area contributed by atoms with E-state index < -0.39 is 5.97 Å². The van der Waals surface area contributed by atoms with Gasteiger partial charge >= 0.3 is 5.97 Å². The van der Waals surface area contributed by atoms with Crippen molar-refractivity contribution in [3.05, 3.63) is 28.2 Å². The van der Waals surface area contributed by atoms with Gasteiger partial charge in [0.05, 0.1) is 23.8 Å². The first-order chi connectivity index (χ1) is 8.58. The van der Waals surface area contributed by atoms with E-state index in [1.165, 1.54) is 6.07 Å². The van der Waals surface area contributed by atoms with Gasteiger partial charge < -0.3 is 15.2 Å². The molecule has 2 N–H and O–H groups in total. The predicted molar refractivity (Wildman–Crippen MR) is 68.7 cm³/mol. The standard InChI is InChI=1S/C12H12BrNO4/c13-8-1-2-9(12(16)17)10(5-8)14-11(15)7-3-4-18-6-7/h1-2,5,7H,3-4,6H2,(H,14,15)(H,16,17). The van der Waals surface area contributed by atoms with Crippen molar-refractivity contribution >= 4 is 33.5 Å². The van der Waals surface area contributed by atoms with Crippen molar-refractivity contribution in [3.8, 4) is 0 Å². The Morgan fingerprint density at radius 3 is 2.83 bits per heavy atom. The van der Waals surface area contributed by atoms with Crippen LogP contribution in [-0.2, 0) is 9.53 Å². The molecule has 0 aliphatic carbocycles. The number of hydrogen-bond acceptors (Lipinski definition) is 3. The van der Waals surface area contributed by atoms with Crippen LogP contribution in [0.3, 0.4) is 0 Å². The van der Waals surface area contributed by atoms with Gasteiger partial charge in [-0.1, -0.05) is 15.9 Å². The zero-order valence-electron chi connectivity index (χ0n) is 9.48. The Hall–Kier alpha value is -1.40. The van der Waals surface area contributed by atoms with Crippen LogP contribution < -0.4 is 5.32 Å². The lowest BCUT2D eigenvalue weighted by atomic mass is 10.1. The number of hydrogen-bond donors (Lipinski definition) is 2. The number of benzene rings is 1. The Balaban J connectivity index is 2.19. The summed E-state index contributed by atoms with van der Waals surface area (Å²) < 4.78 is 5.84. The second-order valence-corrected chi connectivity index (χ2v) is 4.96. The van der Waals surface area contributed by atoms with Crippen molar-refractivity contribution in [2.24, 2.45) is 5.92 Å². The van der Waals surface area contributed by atoms with E-state index in [1.807, 2.05) is 0 Å². The molecule has 1 amide bonds. The number of halogens is 1. The van der Waals surface area contributed by atoms with Crippen LogP contribution in [0.15, 0.2) is 22.7 Å². The smallest absolute Gasteiger partial charge is 0.337 e. The van der Waals surface area contributed by atoms with Crippen molar-refractivity contribution in [1.29, 1.82) is 0 Å².